The molecule has 19 heavy (non-hydrogen) atoms. The first kappa shape index (κ1) is 13.8. The zero-order valence-electron chi connectivity index (χ0n) is 11.0. The Morgan fingerprint density at radius 1 is 1.58 bits per heavy atom. The van der Waals surface area contributed by atoms with E-state index in [2.05, 4.69) is 5.32 Å². The molecule has 2 rings (SSSR count). The van der Waals surface area contributed by atoms with Crippen LogP contribution in [0.15, 0.2) is 18.2 Å². The molecule has 1 aliphatic rings. The molecule has 5 heteroatoms. The van der Waals surface area contributed by atoms with E-state index in [0.29, 0.717) is 23.8 Å². The van der Waals surface area contributed by atoms with E-state index in [4.69, 9.17) is 10.5 Å². The first-order valence-electron chi connectivity index (χ1n) is 6.53. The number of carbonyl (C=O) groups is 1. The SMILES string of the molecule is CC(N)c1cc(F)ccc1OCCC(=O)NC1CC1. The molecule has 104 valence electrons. The van der Waals surface area contributed by atoms with Gasteiger partial charge in [0.25, 0.3) is 0 Å². The van der Waals surface area contributed by atoms with Crippen LogP contribution in [-0.4, -0.2) is 18.6 Å². The van der Waals surface area contributed by atoms with E-state index in [-0.39, 0.29) is 24.4 Å². The molecule has 1 aromatic rings. The largest absolute Gasteiger partial charge is 0.493 e. The lowest BCUT2D eigenvalue weighted by atomic mass is 10.1. The number of nitrogens with one attached hydrogen (secondary N) is 1. The second kappa shape index (κ2) is 6.02. The van der Waals surface area contributed by atoms with Gasteiger partial charge in [-0.1, -0.05) is 0 Å². The third-order valence-corrected chi connectivity index (χ3v) is 2.99. The van der Waals surface area contributed by atoms with E-state index in [9.17, 15) is 9.18 Å². The summed E-state index contributed by atoms with van der Waals surface area (Å²) < 4.78 is 18.7. The van der Waals surface area contributed by atoms with Gasteiger partial charge in [0.15, 0.2) is 0 Å². The molecule has 1 unspecified atom stereocenters. The summed E-state index contributed by atoms with van der Waals surface area (Å²) in [7, 11) is 0. The maximum atomic E-state index is 13.1. The van der Waals surface area contributed by atoms with E-state index in [1.54, 1.807) is 13.0 Å². The molecule has 0 aliphatic heterocycles. The topological polar surface area (TPSA) is 64.3 Å². The Kier molecular flexibility index (Phi) is 4.37. The lowest BCUT2D eigenvalue weighted by molar-refractivity contribution is -0.121. The van der Waals surface area contributed by atoms with Crippen LogP contribution >= 0.6 is 0 Å². The monoisotopic (exact) mass is 266 g/mol. The van der Waals surface area contributed by atoms with Crippen LogP contribution in [0.4, 0.5) is 4.39 Å². The van der Waals surface area contributed by atoms with Crippen molar-refractivity contribution in [1.82, 2.24) is 5.32 Å². The molecular formula is C14H19FN2O2. The summed E-state index contributed by atoms with van der Waals surface area (Å²) in [6.07, 6.45) is 2.44. The highest BCUT2D eigenvalue weighted by molar-refractivity contribution is 5.76. The molecule has 4 nitrogen and oxygen atoms in total. The normalized spacial score (nSPS) is 15.9. The van der Waals surface area contributed by atoms with Gasteiger partial charge < -0.3 is 15.8 Å². The molecule has 1 amide bonds. The van der Waals surface area contributed by atoms with Crippen molar-refractivity contribution < 1.29 is 13.9 Å². The molecular weight excluding hydrogens is 247 g/mol. The zero-order chi connectivity index (χ0) is 13.8. The zero-order valence-corrected chi connectivity index (χ0v) is 11.0. The van der Waals surface area contributed by atoms with Crippen molar-refractivity contribution in [1.29, 1.82) is 0 Å². The number of amides is 1. The fourth-order valence-corrected chi connectivity index (χ4v) is 1.79. The molecule has 1 saturated carbocycles. The Morgan fingerprint density at radius 3 is 2.95 bits per heavy atom. The van der Waals surface area contributed by atoms with Gasteiger partial charge in [-0.15, -0.1) is 0 Å². The quantitative estimate of drug-likeness (QED) is 0.826. The van der Waals surface area contributed by atoms with E-state index in [1.807, 2.05) is 0 Å². The first-order valence-corrected chi connectivity index (χ1v) is 6.53. The van der Waals surface area contributed by atoms with Crippen LogP contribution < -0.4 is 15.8 Å². The van der Waals surface area contributed by atoms with Crippen molar-refractivity contribution in [3.05, 3.63) is 29.6 Å². The Hall–Kier alpha value is -1.62. The first-order chi connectivity index (χ1) is 9.06. The van der Waals surface area contributed by atoms with Crippen LogP contribution in [0.25, 0.3) is 0 Å². The summed E-state index contributed by atoms with van der Waals surface area (Å²) in [5, 5.41) is 2.88. The minimum Gasteiger partial charge on any atom is -0.493 e. The van der Waals surface area contributed by atoms with Crippen LogP contribution in [0.2, 0.25) is 0 Å². The van der Waals surface area contributed by atoms with Gasteiger partial charge in [0, 0.05) is 17.6 Å². The lowest BCUT2D eigenvalue weighted by Crippen LogP contribution is -2.26. The second-order valence-electron chi connectivity index (χ2n) is 4.91. The third-order valence-electron chi connectivity index (χ3n) is 2.99. The summed E-state index contributed by atoms with van der Waals surface area (Å²) in [5.41, 5.74) is 6.38. The van der Waals surface area contributed by atoms with Gasteiger partial charge >= 0.3 is 0 Å². The highest BCUT2D eigenvalue weighted by atomic mass is 19.1. The number of ether oxygens (including phenoxy) is 1. The highest BCUT2D eigenvalue weighted by Crippen LogP contribution is 2.25. The molecule has 0 bridgehead atoms. The van der Waals surface area contributed by atoms with Gasteiger partial charge in [0.2, 0.25) is 5.91 Å². The van der Waals surface area contributed by atoms with Crippen molar-refractivity contribution in [2.24, 2.45) is 5.73 Å². The van der Waals surface area contributed by atoms with Crippen LogP contribution in [0, 0.1) is 5.82 Å². The Bertz CT molecular complexity index is 459. The predicted molar refractivity (Wildman–Crippen MR) is 70.3 cm³/mol. The van der Waals surface area contributed by atoms with Crippen LogP contribution in [0.3, 0.4) is 0 Å². The van der Waals surface area contributed by atoms with Gasteiger partial charge in [0.1, 0.15) is 11.6 Å². The van der Waals surface area contributed by atoms with Crippen molar-refractivity contribution in [3.63, 3.8) is 0 Å². The van der Waals surface area contributed by atoms with E-state index in [0.717, 1.165) is 12.8 Å². The Balaban J connectivity index is 1.86. The summed E-state index contributed by atoms with van der Waals surface area (Å²) in [6.45, 7) is 2.03. The number of halogens is 1. The summed E-state index contributed by atoms with van der Waals surface area (Å²) in [6, 6.07) is 4.28. The van der Waals surface area contributed by atoms with Crippen LogP contribution in [-0.2, 0) is 4.79 Å². The maximum Gasteiger partial charge on any atom is 0.223 e. The number of benzene rings is 1. The highest BCUT2D eigenvalue weighted by Gasteiger charge is 2.22. The molecule has 3 N–H and O–H groups in total. The number of nitrogens with two attached hydrogens (primary N) is 1. The molecule has 0 radical (unpaired) electrons. The molecule has 0 spiro atoms. The fraction of sp³-hybridized carbons (Fsp3) is 0.500. The molecule has 0 aromatic heterocycles. The maximum absolute atomic E-state index is 13.1. The number of rotatable bonds is 6. The van der Waals surface area contributed by atoms with Gasteiger partial charge in [-0.2, -0.15) is 0 Å². The number of carbonyl (C=O) groups excluding carboxylic acids is 1. The third kappa shape index (κ3) is 4.21. The Labute approximate surface area is 112 Å². The summed E-state index contributed by atoms with van der Waals surface area (Å²) in [4.78, 5) is 11.5. The van der Waals surface area contributed by atoms with Gasteiger partial charge in [-0.05, 0) is 38.0 Å². The molecule has 1 aromatic carbocycles. The van der Waals surface area contributed by atoms with Crippen molar-refractivity contribution in [2.45, 2.75) is 38.3 Å². The van der Waals surface area contributed by atoms with Crippen molar-refractivity contribution in [2.75, 3.05) is 6.61 Å². The fourth-order valence-electron chi connectivity index (χ4n) is 1.79. The van der Waals surface area contributed by atoms with Crippen molar-refractivity contribution in [3.8, 4) is 5.75 Å². The molecule has 1 atom stereocenters. The minimum absolute atomic E-state index is 0.00745. The van der Waals surface area contributed by atoms with Crippen LogP contribution in [0.5, 0.6) is 5.75 Å². The average Bonchev–Trinajstić information content (AvgIpc) is 3.14. The number of hydrogen-bond acceptors (Lipinski definition) is 3. The van der Waals surface area contributed by atoms with Crippen LogP contribution in [0.1, 0.15) is 37.8 Å². The predicted octanol–water partition coefficient (Wildman–Crippen LogP) is 1.89. The van der Waals surface area contributed by atoms with Gasteiger partial charge in [-0.25, -0.2) is 4.39 Å². The molecule has 0 saturated heterocycles. The van der Waals surface area contributed by atoms with E-state index >= 15 is 0 Å². The minimum atomic E-state index is -0.342. The average molecular weight is 266 g/mol. The smallest absolute Gasteiger partial charge is 0.223 e. The second-order valence-corrected chi connectivity index (χ2v) is 4.91. The molecule has 1 aliphatic carbocycles. The Morgan fingerprint density at radius 2 is 2.32 bits per heavy atom. The standard InChI is InChI=1S/C14H19FN2O2/c1-9(16)12-8-10(15)2-5-13(12)19-7-6-14(18)17-11-3-4-11/h2,5,8-9,11H,3-4,6-7,16H2,1H3,(H,17,18). The van der Waals surface area contributed by atoms with E-state index in [1.165, 1.54) is 12.1 Å². The summed E-state index contributed by atoms with van der Waals surface area (Å²) >= 11 is 0. The summed E-state index contributed by atoms with van der Waals surface area (Å²) in [5.74, 6) is 0.189. The lowest BCUT2D eigenvalue weighted by Gasteiger charge is -2.14. The van der Waals surface area contributed by atoms with Gasteiger partial charge in [-0.3, -0.25) is 4.79 Å². The van der Waals surface area contributed by atoms with Crippen molar-refractivity contribution >= 4 is 5.91 Å². The van der Waals surface area contributed by atoms with E-state index < -0.39 is 0 Å². The molecule has 1 fully saturated rings. The number of hydrogen-bond donors (Lipinski definition) is 2. The van der Waals surface area contributed by atoms with Gasteiger partial charge in [0.05, 0.1) is 13.0 Å². The molecule has 0 heterocycles.